The second kappa shape index (κ2) is 6.30. The molecule has 1 unspecified atom stereocenters. The first-order valence-corrected chi connectivity index (χ1v) is 6.57. The standard InChI is InChI=1S/C12H16Cl2N2O3/c1-4-16(6-7(2)12(18)19)11(17)9-5-8(13)10(14)15(9)3/h5,7H,4,6H2,1-3H3,(H,18,19). The van der Waals surface area contributed by atoms with Crippen molar-refractivity contribution < 1.29 is 14.7 Å². The van der Waals surface area contributed by atoms with Crippen LogP contribution in [0, 0.1) is 5.92 Å². The summed E-state index contributed by atoms with van der Waals surface area (Å²) >= 11 is 11.8. The van der Waals surface area contributed by atoms with E-state index < -0.39 is 11.9 Å². The second-order valence-corrected chi connectivity index (χ2v) is 5.08. The van der Waals surface area contributed by atoms with E-state index in [4.69, 9.17) is 28.3 Å². The Balaban J connectivity index is 2.95. The normalized spacial score (nSPS) is 12.3. The summed E-state index contributed by atoms with van der Waals surface area (Å²) in [6, 6.07) is 1.49. The molecule has 0 aliphatic heterocycles. The lowest BCUT2D eigenvalue weighted by molar-refractivity contribution is -0.141. The van der Waals surface area contributed by atoms with Gasteiger partial charge in [0.1, 0.15) is 10.8 Å². The highest BCUT2D eigenvalue weighted by Gasteiger charge is 2.23. The summed E-state index contributed by atoms with van der Waals surface area (Å²) in [5.41, 5.74) is 0.342. The molecule has 1 aromatic heterocycles. The van der Waals surface area contributed by atoms with Crippen LogP contribution < -0.4 is 0 Å². The molecule has 19 heavy (non-hydrogen) atoms. The molecule has 0 aliphatic carbocycles. The van der Waals surface area contributed by atoms with Crippen LogP contribution in [-0.2, 0) is 11.8 Å². The van der Waals surface area contributed by atoms with E-state index in [-0.39, 0.29) is 17.6 Å². The monoisotopic (exact) mass is 306 g/mol. The number of aliphatic carboxylic acids is 1. The second-order valence-electron chi connectivity index (χ2n) is 4.31. The lowest BCUT2D eigenvalue weighted by Gasteiger charge is -2.23. The molecule has 0 saturated heterocycles. The van der Waals surface area contributed by atoms with Crippen LogP contribution in [0.25, 0.3) is 0 Å². The molecule has 5 nitrogen and oxygen atoms in total. The molecular formula is C12H16Cl2N2O3. The Morgan fingerprint density at radius 3 is 2.42 bits per heavy atom. The van der Waals surface area contributed by atoms with Crippen LogP contribution in [0.1, 0.15) is 24.3 Å². The lowest BCUT2D eigenvalue weighted by Crippen LogP contribution is -2.37. The van der Waals surface area contributed by atoms with Crippen molar-refractivity contribution in [2.24, 2.45) is 13.0 Å². The van der Waals surface area contributed by atoms with Crippen LogP contribution in [0.15, 0.2) is 6.07 Å². The van der Waals surface area contributed by atoms with Crippen LogP contribution in [0.3, 0.4) is 0 Å². The molecule has 0 saturated carbocycles. The molecule has 0 aromatic carbocycles. The van der Waals surface area contributed by atoms with Crippen molar-refractivity contribution in [1.29, 1.82) is 0 Å². The van der Waals surface area contributed by atoms with Gasteiger partial charge in [0.15, 0.2) is 0 Å². The van der Waals surface area contributed by atoms with Crippen molar-refractivity contribution in [3.05, 3.63) is 21.9 Å². The Labute approximate surface area is 121 Å². The van der Waals surface area contributed by atoms with Gasteiger partial charge in [0, 0.05) is 20.1 Å². The number of carboxylic acids is 1. The van der Waals surface area contributed by atoms with Gasteiger partial charge in [-0.05, 0) is 13.0 Å². The average Bonchev–Trinajstić information content (AvgIpc) is 2.62. The Morgan fingerprint density at radius 1 is 1.47 bits per heavy atom. The molecule has 0 aliphatic rings. The maximum absolute atomic E-state index is 12.3. The Kier molecular flexibility index (Phi) is 5.26. The first-order valence-electron chi connectivity index (χ1n) is 5.82. The summed E-state index contributed by atoms with van der Waals surface area (Å²) in [6.07, 6.45) is 0. The quantitative estimate of drug-likeness (QED) is 0.909. The van der Waals surface area contributed by atoms with Crippen molar-refractivity contribution in [1.82, 2.24) is 9.47 Å². The van der Waals surface area contributed by atoms with E-state index in [1.54, 1.807) is 20.9 Å². The zero-order valence-electron chi connectivity index (χ0n) is 11.0. The Hall–Kier alpha value is -1.20. The Bertz CT molecular complexity index is 499. The minimum Gasteiger partial charge on any atom is -0.481 e. The van der Waals surface area contributed by atoms with Gasteiger partial charge < -0.3 is 14.6 Å². The SMILES string of the molecule is CCN(CC(C)C(=O)O)C(=O)c1cc(Cl)c(Cl)n1C. The van der Waals surface area contributed by atoms with Gasteiger partial charge in [-0.3, -0.25) is 9.59 Å². The van der Waals surface area contributed by atoms with Crippen LogP contribution in [0.2, 0.25) is 10.2 Å². The zero-order valence-corrected chi connectivity index (χ0v) is 12.5. The summed E-state index contributed by atoms with van der Waals surface area (Å²) < 4.78 is 1.49. The fourth-order valence-corrected chi connectivity index (χ4v) is 2.05. The number of nitrogens with zero attached hydrogens (tertiary/aromatic N) is 2. The zero-order chi connectivity index (χ0) is 14.7. The fraction of sp³-hybridized carbons (Fsp3) is 0.500. The highest BCUT2D eigenvalue weighted by molar-refractivity contribution is 6.41. The number of carbonyl (C=O) groups is 2. The van der Waals surface area contributed by atoms with Crippen molar-refractivity contribution in [3.63, 3.8) is 0 Å². The fourth-order valence-electron chi connectivity index (χ4n) is 1.67. The summed E-state index contributed by atoms with van der Waals surface area (Å²) in [6.45, 7) is 3.91. The summed E-state index contributed by atoms with van der Waals surface area (Å²) in [4.78, 5) is 24.6. The van der Waals surface area contributed by atoms with Crippen molar-refractivity contribution >= 4 is 35.1 Å². The number of hydrogen-bond donors (Lipinski definition) is 1. The third kappa shape index (κ3) is 3.42. The average molecular weight is 307 g/mol. The first-order chi connectivity index (χ1) is 8.79. The van der Waals surface area contributed by atoms with E-state index in [0.717, 1.165) is 0 Å². The minimum atomic E-state index is -0.936. The van der Waals surface area contributed by atoms with Crippen LogP contribution >= 0.6 is 23.2 Å². The van der Waals surface area contributed by atoms with Gasteiger partial charge in [0.25, 0.3) is 5.91 Å². The summed E-state index contributed by atoms with van der Waals surface area (Å²) in [7, 11) is 1.63. The highest BCUT2D eigenvalue weighted by Crippen LogP contribution is 2.26. The molecule has 1 atom stereocenters. The predicted octanol–water partition coefficient (Wildman–Crippen LogP) is 2.51. The molecule has 1 amide bonds. The van der Waals surface area contributed by atoms with Crippen LogP contribution in [0.4, 0.5) is 0 Å². The molecule has 1 aromatic rings. The topological polar surface area (TPSA) is 62.5 Å². The number of hydrogen-bond acceptors (Lipinski definition) is 2. The molecule has 0 bridgehead atoms. The molecule has 1 rings (SSSR count). The van der Waals surface area contributed by atoms with E-state index in [0.29, 0.717) is 17.3 Å². The van der Waals surface area contributed by atoms with E-state index in [2.05, 4.69) is 0 Å². The molecule has 0 spiro atoms. The summed E-state index contributed by atoms with van der Waals surface area (Å²) in [5.74, 6) is -1.85. The number of amides is 1. The molecule has 0 fully saturated rings. The first kappa shape index (κ1) is 15.9. The maximum atomic E-state index is 12.3. The third-order valence-corrected chi connectivity index (χ3v) is 3.76. The molecule has 106 valence electrons. The van der Waals surface area contributed by atoms with E-state index in [9.17, 15) is 9.59 Å². The van der Waals surface area contributed by atoms with Gasteiger partial charge in [-0.1, -0.05) is 30.1 Å². The number of halogens is 2. The summed E-state index contributed by atoms with van der Waals surface area (Å²) in [5, 5.41) is 9.48. The van der Waals surface area contributed by atoms with Gasteiger partial charge in [0.2, 0.25) is 0 Å². The number of carboxylic acid groups (broad SMARTS) is 1. The third-order valence-electron chi connectivity index (χ3n) is 2.92. The van der Waals surface area contributed by atoms with Gasteiger partial charge >= 0.3 is 5.97 Å². The van der Waals surface area contributed by atoms with Gasteiger partial charge in [0.05, 0.1) is 10.9 Å². The van der Waals surface area contributed by atoms with E-state index in [1.807, 2.05) is 0 Å². The van der Waals surface area contributed by atoms with Gasteiger partial charge in [-0.2, -0.15) is 0 Å². The van der Waals surface area contributed by atoms with Crippen molar-refractivity contribution in [2.75, 3.05) is 13.1 Å². The largest absolute Gasteiger partial charge is 0.481 e. The number of carbonyl (C=O) groups excluding carboxylic acids is 1. The molecule has 1 N–H and O–H groups in total. The molecule has 0 radical (unpaired) electrons. The Morgan fingerprint density at radius 2 is 2.05 bits per heavy atom. The van der Waals surface area contributed by atoms with Crippen molar-refractivity contribution in [2.45, 2.75) is 13.8 Å². The van der Waals surface area contributed by atoms with Gasteiger partial charge in [-0.15, -0.1) is 0 Å². The highest BCUT2D eigenvalue weighted by atomic mass is 35.5. The molecule has 1 heterocycles. The maximum Gasteiger partial charge on any atom is 0.308 e. The smallest absolute Gasteiger partial charge is 0.308 e. The number of rotatable bonds is 5. The lowest BCUT2D eigenvalue weighted by atomic mass is 10.1. The van der Waals surface area contributed by atoms with Gasteiger partial charge in [-0.25, -0.2) is 0 Å². The number of aromatic nitrogens is 1. The van der Waals surface area contributed by atoms with Crippen LogP contribution in [0.5, 0.6) is 0 Å². The van der Waals surface area contributed by atoms with Crippen molar-refractivity contribution in [3.8, 4) is 0 Å². The van der Waals surface area contributed by atoms with E-state index >= 15 is 0 Å². The molecular weight excluding hydrogens is 291 g/mol. The minimum absolute atomic E-state index is 0.144. The van der Waals surface area contributed by atoms with Crippen LogP contribution in [-0.4, -0.2) is 39.5 Å². The van der Waals surface area contributed by atoms with E-state index in [1.165, 1.54) is 15.5 Å². The predicted molar refractivity (Wildman–Crippen MR) is 73.8 cm³/mol. The molecule has 7 heteroatoms.